The molecule has 0 spiro atoms. The minimum atomic E-state index is -0.528. The summed E-state index contributed by atoms with van der Waals surface area (Å²) >= 11 is 22.0. The van der Waals surface area contributed by atoms with Crippen LogP contribution < -0.4 is 0 Å². The number of rotatable bonds is 3. The molecule has 0 fully saturated rings. The van der Waals surface area contributed by atoms with Crippen molar-refractivity contribution in [2.45, 2.75) is 8.34 Å². The van der Waals surface area contributed by atoms with Crippen molar-refractivity contribution in [3.63, 3.8) is 0 Å². The molecule has 2 aromatic rings. The van der Waals surface area contributed by atoms with Crippen molar-refractivity contribution >= 4 is 58.2 Å². The highest BCUT2D eigenvalue weighted by Crippen LogP contribution is 2.28. The molecular weight excluding hydrogens is 342 g/mol. The lowest BCUT2D eigenvalue weighted by Gasteiger charge is -1.98. The molecule has 0 aromatic heterocycles. The molecule has 0 amide bonds. The van der Waals surface area contributed by atoms with E-state index in [1.807, 2.05) is 12.1 Å². The van der Waals surface area contributed by atoms with Crippen LogP contribution in [0.2, 0.25) is 0 Å². The molecule has 0 saturated carbocycles. The monoisotopic (exact) mass is 352 g/mol. The van der Waals surface area contributed by atoms with Gasteiger partial charge in [0, 0.05) is 0 Å². The molecule has 0 saturated heterocycles. The van der Waals surface area contributed by atoms with E-state index in [1.165, 1.54) is 11.1 Å². The van der Waals surface area contributed by atoms with Gasteiger partial charge in [-0.1, -0.05) is 119 Å². The Morgan fingerprint density at radius 1 is 0.579 bits per heavy atom. The molecule has 0 aliphatic heterocycles. The molecule has 0 aliphatic carbocycles. The highest BCUT2D eigenvalue weighted by atomic mass is 35.5. The summed E-state index contributed by atoms with van der Waals surface area (Å²) in [6.45, 7) is 0. The lowest BCUT2D eigenvalue weighted by Crippen LogP contribution is -1.81. The predicted octanol–water partition coefficient (Wildman–Crippen LogP) is 6.60. The predicted molar refractivity (Wildman–Crippen MR) is 90.5 cm³/mol. The molecule has 5 heteroatoms. The third kappa shape index (κ3) is 7.96. The van der Waals surface area contributed by atoms with Gasteiger partial charge in [-0.2, -0.15) is 0 Å². The zero-order chi connectivity index (χ0) is 14.1. The number of thioether (sulfide) groups is 1. The van der Waals surface area contributed by atoms with E-state index in [4.69, 9.17) is 46.4 Å². The summed E-state index contributed by atoms with van der Waals surface area (Å²) in [7, 11) is 0. The summed E-state index contributed by atoms with van der Waals surface area (Å²) in [5.41, 5.74) is 2.55. The van der Waals surface area contributed by atoms with Crippen molar-refractivity contribution in [3.05, 3.63) is 60.7 Å². The van der Waals surface area contributed by atoms with Crippen LogP contribution in [0.5, 0.6) is 0 Å². The molecule has 0 aliphatic rings. The van der Waals surface area contributed by atoms with Gasteiger partial charge in [-0.15, -0.1) is 0 Å². The smallest absolute Gasteiger partial charge is 0.0931 e. The number of hydrogen-bond acceptors (Lipinski definition) is 1. The van der Waals surface area contributed by atoms with Gasteiger partial charge in [-0.25, -0.2) is 0 Å². The molecule has 0 unspecified atom stereocenters. The van der Waals surface area contributed by atoms with Crippen LogP contribution in [0.25, 0.3) is 11.1 Å². The van der Waals surface area contributed by atoms with Gasteiger partial charge in [0.2, 0.25) is 0 Å². The number of alkyl halides is 4. The van der Waals surface area contributed by atoms with Gasteiger partial charge >= 0.3 is 0 Å². The van der Waals surface area contributed by atoms with Gasteiger partial charge in [0.05, 0.1) is 0 Å². The molecule has 0 heterocycles. The van der Waals surface area contributed by atoms with Crippen molar-refractivity contribution in [1.29, 1.82) is 0 Å². The van der Waals surface area contributed by atoms with E-state index in [-0.39, 0.29) is 0 Å². The fourth-order valence-electron chi connectivity index (χ4n) is 1.34. The first-order valence-electron chi connectivity index (χ1n) is 5.42. The van der Waals surface area contributed by atoms with Crippen LogP contribution in [0.4, 0.5) is 0 Å². The fraction of sp³-hybridized carbons (Fsp3) is 0.143. The Balaban J connectivity index is 0.000000224. The zero-order valence-corrected chi connectivity index (χ0v) is 13.7. The molecule has 0 N–H and O–H groups in total. The van der Waals surface area contributed by atoms with Crippen LogP contribution in [0.1, 0.15) is 0 Å². The van der Waals surface area contributed by atoms with E-state index in [1.54, 1.807) is 0 Å². The van der Waals surface area contributed by atoms with Crippen LogP contribution >= 0.6 is 58.2 Å². The molecule has 2 aromatic carbocycles. The maximum absolute atomic E-state index is 5.23. The Kier molecular flexibility index (Phi) is 8.76. The fourth-order valence-corrected chi connectivity index (χ4v) is 3.36. The summed E-state index contributed by atoms with van der Waals surface area (Å²) in [6, 6.07) is 20.8. The second kappa shape index (κ2) is 9.79. The van der Waals surface area contributed by atoms with Crippen molar-refractivity contribution in [2.24, 2.45) is 0 Å². The zero-order valence-electron chi connectivity index (χ0n) is 9.85. The Hall–Kier alpha value is -0.0500. The average molecular weight is 354 g/mol. The highest BCUT2D eigenvalue weighted by molar-refractivity contribution is 8.05. The molecule has 0 nitrogen and oxygen atoms in total. The molecule has 19 heavy (non-hydrogen) atoms. The maximum atomic E-state index is 5.23. The van der Waals surface area contributed by atoms with Crippen LogP contribution in [0.3, 0.4) is 0 Å². The lowest BCUT2D eigenvalue weighted by molar-refractivity contribution is 1.62. The van der Waals surface area contributed by atoms with E-state index in [2.05, 4.69) is 48.5 Å². The summed E-state index contributed by atoms with van der Waals surface area (Å²) in [5.74, 6) is 0. The summed E-state index contributed by atoms with van der Waals surface area (Å²) in [5, 5.41) is 0. The third-order valence-electron chi connectivity index (χ3n) is 2.09. The van der Waals surface area contributed by atoms with Gasteiger partial charge in [0.1, 0.15) is 0 Å². The highest BCUT2D eigenvalue weighted by Gasteiger charge is 2.04. The first-order chi connectivity index (χ1) is 9.09. The van der Waals surface area contributed by atoms with Crippen LogP contribution in [-0.2, 0) is 0 Å². The van der Waals surface area contributed by atoms with E-state index in [0.29, 0.717) is 0 Å². The van der Waals surface area contributed by atoms with E-state index in [9.17, 15) is 0 Å². The quantitative estimate of drug-likeness (QED) is 0.560. The summed E-state index contributed by atoms with van der Waals surface area (Å²) < 4.78 is -1.06. The van der Waals surface area contributed by atoms with Gasteiger partial charge in [0.25, 0.3) is 0 Å². The average Bonchev–Trinajstić information content (AvgIpc) is 2.40. The first kappa shape index (κ1) is 17.0. The van der Waals surface area contributed by atoms with Crippen LogP contribution in [0.15, 0.2) is 60.7 Å². The Bertz CT molecular complexity index is 402. The van der Waals surface area contributed by atoms with Gasteiger partial charge < -0.3 is 0 Å². The lowest BCUT2D eigenvalue weighted by atomic mass is 10.1. The van der Waals surface area contributed by atoms with Gasteiger partial charge in [-0.05, 0) is 11.1 Å². The third-order valence-corrected chi connectivity index (χ3v) is 3.73. The first-order valence-corrected chi connectivity index (χ1v) is 8.10. The summed E-state index contributed by atoms with van der Waals surface area (Å²) in [4.78, 5) is 0. The van der Waals surface area contributed by atoms with Crippen molar-refractivity contribution in [2.75, 3.05) is 0 Å². The molecule has 0 bridgehead atoms. The number of hydrogen-bond donors (Lipinski definition) is 0. The molecule has 102 valence electrons. The second-order valence-corrected chi connectivity index (χ2v) is 7.83. The van der Waals surface area contributed by atoms with Crippen molar-refractivity contribution in [1.82, 2.24) is 0 Å². The van der Waals surface area contributed by atoms with Crippen molar-refractivity contribution < 1.29 is 0 Å². The van der Waals surface area contributed by atoms with E-state index < -0.39 is 8.34 Å². The normalized spacial score (nSPS) is 10.2. The molecule has 0 radical (unpaired) electrons. The minimum Gasteiger partial charge on any atom is -0.0931 e. The Morgan fingerprint density at radius 2 is 0.895 bits per heavy atom. The standard InChI is InChI=1S/C12H10.C2H2Cl4S/c1-3-7-11(8-4-1)12-9-5-2-6-10-12;3-1(4)7-2(5)6/h1-10H;1-2H. The second-order valence-electron chi connectivity index (χ2n) is 3.39. The van der Waals surface area contributed by atoms with E-state index in [0.717, 1.165) is 11.8 Å². The molecular formula is C14H12Cl4S. The number of halogens is 4. The Morgan fingerprint density at radius 3 is 1.11 bits per heavy atom. The van der Waals surface area contributed by atoms with Crippen molar-refractivity contribution in [3.8, 4) is 11.1 Å². The van der Waals surface area contributed by atoms with Crippen LogP contribution in [0, 0.1) is 0 Å². The number of benzene rings is 2. The van der Waals surface area contributed by atoms with E-state index >= 15 is 0 Å². The maximum Gasteiger partial charge on any atom is 0.155 e. The topological polar surface area (TPSA) is 0 Å². The summed E-state index contributed by atoms with van der Waals surface area (Å²) in [6.07, 6.45) is 0. The Labute approximate surface area is 138 Å². The van der Waals surface area contributed by atoms with Gasteiger partial charge in [0.15, 0.2) is 8.34 Å². The van der Waals surface area contributed by atoms with Crippen LogP contribution in [-0.4, -0.2) is 8.34 Å². The SMILES string of the molecule is ClC(Cl)SC(Cl)Cl.c1ccc(-c2ccccc2)cc1. The van der Waals surface area contributed by atoms with Gasteiger partial charge in [-0.3, -0.25) is 0 Å². The molecule has 2 rings (SSSR count). The molecule has 0 atom stereocenters. The minimum absolute atomic E-state index is 0.528. The largest absolute Gasteiger partial charge is 0.155 e.